The molecule has 0 spiro atoms. The summed E-state index contributed by atoms with van der Waals surface area (Å²) >= 11 is 0. The molecule has 1 amide bonds. The Kier molecular flexibility index (Phi) is 5.41. The monoisotopic (exact) mass is 324 g/mol. The highest BCUT2D eigenvalue weighted by Gasteiger charge is 2.21. The standard InChI is InChI=1S/C19H24N4O/c1-14(15-8-4-2-5-9-15)20-17-12-13-18(23-22-17)21-19(24)16-10-6-3-7-11-16/h2,4-5,8-9,12-14,16H,3,6-7,10-11H2,1H3,(H,20,22)(H,21,23,24). The molecule has 5 heteroatoms. The number of benzene rings is 1. The van der Waals surface area contributed by atoms with Crippen LogP contribution in [0.15, 0.2) is 42.5 Å². The first-order chi connectivity index (χ1) is 11.7. The van der Waals surface area contributed by atoms with Gasteiger partial charge >= 0.3 is 0 Å². The number of aromatic nitrogens is 2. The third kappa shape index (κ3) is 4.31. The lowest BCUT2D eigenvalue weighted by molar-refractivity contribution is -0.120. The summed E-state index contributed by atoms with van der Waals surface area (Å²) in [6.45, 7) is 2.08. The van der Waals surface area contributed by atoms with Gasteiger partial charge in [-0.15, -0.1) is 10.2 Å². The van der Waals surface area contributed by atoms with Crippen molar-refractivity contribution in [1.82, 2.24) is 10.2 Å². The van der Waals surface area contributed by atoms with Gasteiger partial charge in [0.15, 0.2) is 5.82 Å². The van der Waals surface area contributed by atoms with Gasteiger partial charge in [-0.2, -0.15) is 0 Å². The molecular formula is C19H24N4O. The predicted molar refractivity (Wildman–Crippen MR) is 95.7 cm³/mol. The summed E-state index contributed by atoms with van der Waals surface area (Å²) in [6, 6.07) is 14.0. The van der Waals surface area contributed by atoms with Gasteiger partial charge in [-0.05, 0) is 37.5 Å². The molecule has 1 unspecified atom stereocenters. The number of nitrogens with one attached hydrogen (secondary N) is 2. The van der Waals surface area contributed by atoms with Crippen molar-refractivity contribution in [1.29, 1.82) is 0 Å². The number of carbonyl (C=O) groups is 1. The van der Waals surface area contributed by atoms with Crippen LogP contribution in [0.3, 0.4) is 0 Å². The molecule has 0 aliphatic heterocycles. The molecular weight excluding hydrogens is 300 g/mol. The summed E-state index contributed by atoms with van der Waals surface area (Å²) in [5, 5.41) is 14.5. The van der Waals surface area contributed by atoms with E-state index in [0.29, 0.717) is 11.6 Å². The van der Waals surface area contributed by atoms with E-state index in [9.17, 15) is 4.79 Å². The molecule has 0 radical (unpaired) electrons. The minimum atomic E-state index is 0.0716. The third-order valence-corrected chi connectivity index (χ3v) is 4.56. The first-order valence-corrected chi connectivity index (χ1v) is 8.68. The van der Waals surface area contributed by atoms with Crippen LogP contribution in [0.25, 0.3) is 0 Å². The van der Waals surface area contributed by atoms with Crippen LogP contribution in [0.1, 0.15) is 50.6 Å². The number of hydrogen-bond donors (Lipinski definition) is 2. The zero-order valence-corrected chi connectivity index (χ0v) is 14.0. The molecule has 1 heterocycles. The Labute approximate surface area is 142 Å². The summed E-state index contributed by atoms with van der Waals surface area (Å²) < 4.78 is 0. The van der Waals surface area contributed by atoms with Gasteiger partial charge in [0, 0.05) is 12.0 Å². The Morgan fingerprint density at radius 3 is 2.33 bits per heavy atom. The van der Waals surface area contributed by atoms with Gasteiger partial charge in [-0.3, -0.25) is 4.79 Å². The van der Waals surface area contributed by atoms with Crippen molar-refractivity contribution in [3.63, 3.8) is 0 Å². The van der Waals surface area contributed by atoms with Crippen molar-refractivity contribution in [3.05, 3.63) is 48.0 Å². The second-order valence-corrected chi connectivity index (χ2v) is 6.40. The van der Waals surface area contributed by atoms with Crippen LogP contribution in [0.5, 0.6) is 0 Å². The van der Waals surface area contributed by atoms with Crippen molar-refractivity contribution in [2.75, 3.05) is 10.6 Å². The fourth-order valence-electron chi connectivity index (χ4n) is 3.12. The number of carbonyl (C=O) groups excluding carboxylic acids is 1. The Balaban J connectivity index is 1.56. The van der Waals surface area contributed by atoms with E-state index in [0.717, 1.165) is 25.7 Å². The highest BCUT2D eigenvalue weighted by Crippen LogP contribution is 2.24. The van der Waals surface area contributed by atoms with Gasteiger partial charge in [-0.1, -0.05) is 49.6 Å². The van der Waals surface area contributed by atoms with E-state index in [1.54, 1.807) is 6.07 Å². The van der Waals surface area contributed by atoms with E-state index in [1.807, 2.05) is 24.3 Å². The minimum Gasteiger partial charge on any atom is -0.362 e. The lowest BCUT2D eigenvalue weighted by atomic mass is 9.89. The summed E-state index contributed by atoms with van der Waals surface area (Å²) in [7, 11) is 0. The van der Waals surface area contributed by atoms with Crippen molar-refractivity contribution < 1.29 is 4.79 Å². The summed E-state index contributed by atoms with van der Waals surface area (Å²) in [6.07, 6.45) is 5.48. The fraction of sp³-hybridized carbons (Fsp3) is 0.421. The van der Waals surface area contributed by atoms with Crippen molar-refractivity contribution in [2.24, 2.45) is 5.92 Å². The Morgan fingerprint density at radius 2 is 1.67 bits per heavy atom. The fourth-order valence-corrected chi connectivity index (χ4v) is 3.12. The largest absolute Gasteiger partial charge is 0.362 e. The number of amides is 1. The van der Waals surface area contributed by atoms with Gasteiger partial charge in [-0.25, -0.2) is 0 Å². The smallest absolute Gasteiger partial charge is 0.228 e. The van der Waals surface area contributed by atoms with E-state index in [4.69, 9.17) is 0 Å². The van der Waals surface area contributed by atoms with E-state index >= 15 is 0 Å². The second-order valence-electron chi connectivity index (χ2n) is 6.40. The number of nitrogens with zero attached hydrogens (tertiary/aromatic N) is 2. The van der Waals surface area contributed by atoms with Gasteiger partial charge in [0.2, 0.25) is 5.91 Å². The van der Waals surface area contributed by atoms with Crippen LogP contribution >= 0.6 is 0 Å². The predicted octanol–water partition coefficient (Wildman–Crippen LogP) is 4.17. The van der Waals surface area contributed by atoms with Gasteiger partial charge in [0.1, 0.15) is 5.82 Å². The quantitative estimate of drug-likeness (QED) is 0.866. The first kappa shape index (κ1) is 16.4. The number of anilines is 2. The SMILES string of the molecule is CC(Nc1ccc(NC(=O)C2CCCCC2)nn1)c1ccccc1. The van der Waals surface area contributed by atoms with E-state index in [-0.39, 0.29) is 17.9 Å². The molecule has 1 saturated carbocycles. The van der Waals surface area contributed by atoms with E-state index in [2.05, 4.69) is 39.9 Å². The normalized spacial score (nSPS) is 16.4. The molecule has 0 saturated heterocycles. The molecule has 5 nitrogen and oxygen atoms in total. The van der Waals surface area contributed by atoms with Gasteiger partial charge in [0.05, 0.1) is 0 Å². The topological polar surface area (TPSA) is 66.9 Å². The van der Waals surface area contributed by atoms with E-state index in [1.165, 1.54) is 12.0 Å². The average Bonchev–Trinajstić information content (AvgIpc) is 2.65. The van der Waals surface area contributed by atoms with Crippen LogP contribution < -0.4 is 10.6 Å². The third-order valence-electron chi connectivity index (χ3n) is 4.56. The first-order valence-electron chi connectivity index (χ1n) is 8.68. The summed E-state index contributed by atoms with van der Waals surface area (Å²) in [4.78, 5) is 12.2. The minimum absolute atomic E-state index is 0.0716. The zero-order chi connectivity index (χ0) is 16.8. The number of hydrogen-bond acceptors (Lipinski definition) is 4. The lowest BCUT2D eigenvalue weighted by Crippen LogP contribution is -2.25. The summed E-state index contributed by atoms with van der Waals surface area (Å²) in [5.41, 5.74) is 1.19. The highest BCUT2D eigenvalue weighted by molar-refractivity contribution is 5.91. The van der Waals surface area contributed by atoms with Crippen LogP contribution in [-0.4, -0.2) is 16.1 Å². The van der Waals surface area contributed by atoms with Crippen LogP contribution in [0.4, 0.5) is 11.6 Å². The van der Waals surface area contributed by atoms with Crippen LogP contribution in [0.2, 0.25) is 0 Å². The molecule has 2 aromatic rings. The van der Waals surface area contributed by atoms with Crippen molar-refractivity contribution in [3.8, 4) is 0 Å². The Bertz CT molecular complexity index is 651. The van der Waals surface area contributed by atoms with Gasteiger partial charge < -0.3 is 10.6 Å². The molecule has 0 bridgehead atoms. The molecule has 1 aromatic heterocycles. The molecule has 1 atom stereocenters. The second kappa shape index (κ2) is 7.90. The molecule has 3 rings (SSSR count). The Morgan fingerprint density at radius 1 is 1.00 bits per heavy atom. The maximum atomic E-state index is 12.2. The Hall–Kier alpha value is -2.43. The average molecular weight is 324 g/mol. The molecule has 2 N–H and O–H groups in total. The maximum Gasteiger partial charge on any atom is 0.228 e. The molecule has 1 aromatic carbocycles. The van der Waals surface area contributed by atoms with Gasteiger partial charge in [0.25, 0.3) is 0 Å². The molecule has 1 fully saturated rings. The van der Waals surface area contributed by atoms with E-state index < -0.39 is 0 Å². The van der Waals surface area contributed by atoms with Crippen LogP contribution in [0, 0.1) is 5.92 Å². The highest BCUT2D eigenvalue weighted by atomic mass is 16.1. The molecule has 126 valence electrons. The molecule has 24 heavy (non-hydrogen) atoms. The zero-order valence-electron chi connectivity index (χ0n) is 14.0. The lowest BCUT2D eigenvalue weighted by Gasteiger charge is -2.20. The van der Waals surface area contributed by atoms with Crippen molar-refractivity contribution in [2.45, 2.75) is 45.1 Å². The van der Waals surface area contributed by atoms with Crippen molar-refractivity contribution >= 4 is 17.5 Å². The number of rotatable bonds is 5. The molecule has 1 aliphatic rings. The maximum absolute atomic E-state index is 12.2. The van der Waals surface area contributed by atoms with Crippen LogP contribution in [-0.2, 0) is 4.79 Å². The molecule has 1 aliphatic carbocycles. The summed E-state index contributed by atoms with van der Waals surface area (Å²) in [5.74, 6) is 1.41.